The SMILES string of the molecule is O=C1NC(=S)N(c2ccc(Cl)cc2)C(=O)C1=Cc1cccc(-c2cccnc2)c1. The first-order chi connectivity index (χ1) is 14.0. The highest BCUT2D eigenvalue weighted by molar-refractivity contribution is 7.80. The van der Waals surface area contributed by atoms with E-state index in [9.17, 15) is 9.59 Å². The third-order valence-corrected chi connectivity index (χ3v) is 4.92. The van der Waals surface area contributed by atoms with E-state index in [0.29, 0.717) is 16.3 Å². The van der Waals surface area contributed by atoms with Crippen LogP contribution >= 0.6 is 23.8 Å². The minimum atomic E-state index is -0.531. The van der Waals surface area contributed by atoms with E-state index in [1.165, 1.54) is 4.90 Å². The molecule has 4 rings (SSSR count). The Kier molecular flexibility index (Phi) is 5.20. The number of hydrogen-bond acceptors (Lipinski definition) is 4. The fourth-order valence-electron chi connectivity index (χ4n) is 2.99. The van der Waals surface area contributed by atoms with Crippen LogP contribution in [0.3, 0.4) is 0 Å². The summed E-state index contributed by atoms with van der Waals surface area (Å²) in [6.07, 6.45) is 5.02. The summed E-state index contributed by atoms with van der Waals surface area (Å²) in [6.45, 7) is 0. The number of nitrogens with one attached hydrogen (secondary N) is 1. The summed E-state index contributed by atoms with van der Waals surface area (Å²) in [7, 11) is 0. The van der Waals surface area contributed by atoms with Gasteiger partial charge in [-0.05, 0) is 65.8 Å². The molecule has 1 N–H and O–H groups in total. The summed E-state index contributed by atoms with van der Waals surface area (Å²) >= 11 is 11.1. The molecule has 0 aliphatic carbocycles. The molecule has 5 nitrogen and oxygen atoms in total. The van der Waals surface area contributed by atoms with Gasteiger partial charge in [0, 0.05) is 23.0 Å². The number of anilines is 1. The van der Waals surface area contributed by atoms with Gasteiger partial charge in [-0.2, -0.15) is 0 Å². The van der Waals surface area contributed by atoms with Crippen molar-refractivity contribution in [1.82, 2.24) is 10.3 Å². The zero-order valence-electron chi connectivity index (χ0n) is 15.0. The fraction of sp³-hybridized carbons (Fsp3) is 0. The van der Waals surface area contributed by atoms with Gasteiger partial charge in [0.05, 0.1) is 5.69 Å². The van der Waals surface area contributed by atoms with Crippen molar-refractivity contribution in [3.05, 3.63) is 89.2 Å². The maximum absolute atomic E-state index is 13.1. The molecule has 0 radical (unpaired) electrons. The summed E-state index contributed by atoms with van der Waals surface area (Å²) in [5.74, 6) is -1.02. The first-order valence-electron chi connectivity index (χ1n) is 8.70. The van der Waals surface area contributed by atoms with Crippen LogP contribution in [-0.2, 0) is 9.59 Å². The van der Waals surface area contributed by atoms with E-state index in [2.05, 4.69) is 10.3 Å². The van der Waals surface area contributed by atoms with Gasteiger partial charge in [-0.15, -0.1) is 0 Å². The zero-order valence-corrected chi connectivity index (χ0v) is 16.6. The molecule has 0 spiro atoms. The van der Waals surface area contributed by atoms with Gasteiger partial charge in [0.15, 0.2) is 5.11 Å². The van der Waals surface area contributed by atoms with E-state index in [1.807, 2.05) is 36.4 Å². The number of aromatic nitrogens is 1. The molecule has 142 valence electrons. The summed E-state index contributed by atoms with van der Waals surface area (Å²) in [5.41, 5.74) is 3.11. The average Bonchev–Trinajstić information content (AvgIpc) is 2.73. The first-order valence-corrected chi connectivity index (χ1v) is 9.49. The predicted molar refractivity (Wildman–Crippen MR) is 117 cm³/mol. The Balaban J connectivity index is 1.71. The molecule has 2 heterocycles. The minimum absolute atomic E-state index is 0.00288. The average molecular weight is 420 g/mol. The maximum Gasteiger partial charge on any atom is 0.270 e. The van der Waals surface area contributed by atoms with Crippen LogP contribution in [0.15, 0.2) is 78.6 Å². The number of halogens is 1. The zero-order chi connectivity index (χ0) is 20.4. The van der Waals surface area contributed by atoms with E-state index in [1.54, 1.807) is 42.7 Å². The van der Waals surface area contributed by atoms with E-state index in [4.69, 9.17) is 23.8 Å². The standard InChI is InChI=1S/C22H14ClN3O2S/c23-17-6-8-18(9-7-17)26-21(28)19(20(27)25-22(26)29)12-14-3-1-4-15(11-14)16-5-2-10-24-13-16/h1-13H,(H,25,27,29). The number of hydrogen-bond donors (Lipinski definition) is 1. The molecule has 7 heteroatoms. The van der Waals surface area contributed by atoms with E-state index >= 15 is 0 Å². The monoisotopic (exact) mass is 419 g/mol. The molecule has 0 atom stereocenters. The van der Waals surface area contributed by atoms with Crippen LogP contribution in [0.25, 0.3) is 17.2 Å². The number of benzene rings is 2. The molecule has 2 aromatic carbocycles. The Morgan fingerprint density at radius 3 is 2.48 bits per heavy atom. The minimum Gasteiger partial charge on any atom is -0.298 e. The molecular weight excluding hydrogens is 406 g/mol. The van der Waals surface area contributed by atoms with Gasteiger partial charge in [-0.25, -0.2) is 0 Å². The van der Waals surface area contributed by atoms with Crippen molar-refractivity contribution in [2.24, 2.45) is 0 Å². The number of carbonyl (C=O) groups excluding carboxylic acids is 2. The molecule has 0 unspecified atom stereocenters. The number of pyridine rings is 1. The topological polar surface area (TPSA) is 62.3 Å². The molecule has 1 aliphatic rings. The van der Waals surface area contributed by atoms with Crippen LogP contribution in [0.5, 0.6) is 0 Å². The summed E-state index contributed by atoms with van der Waals surface area (Å²) in [6, 6.07) is 18.0. The molecule has 1 aliphatic heterocycles. The largest absolute Gasteiger partial charge is 0.298 e. The number of nitrogens with zero attached hydrogens (tertiary/aromatic N) is 2. The fourth-order valence-corrected chi connectivity index (χ4v) is 3.40. The maximum atomic E-state index is 13.1. The third kappa shape index (κ3) is 3.94. The van der Waals surface area contributed by atoms with E-state index in [0.717, 1.165) is 11.1 Å². The highest BCUT2D eigenvalue weighted by Crippen LogP contribution is 2.25. The van der Waals surface area contributed by atoms with Crippen LogP contribution in [0.2, 0.25) is 5.02 Å². The van der Waals surface area contributed by atoms with E-state index in [-0.39, 0.29) is 10.7 Å². The Bertz CT molecular complexity index is 1140. The lowest BCUT2D eigenvalue weighted by Gasteiger charge is -2.29. The molecule has 29 heavy (non-hydrogen) atoms. The second-order valence-electron chi connectivity index (χ2n) is 6.30. The van der Waals surface area contributed by atoms with Crippen molar-refractivity contribution in [3.63, 3.8) is 0 Å². The van der Waals surface area contributed by atoms with Crippen molar-refractivity contribution in [3.8, 4) is 11.1 Å². The molecule has 0 bridgehead atoms. The molecule has 2 amide bonds. The Morgan fingerprint density at radius 1 is 1.00 bits per heavy atom. The predicted octanol–water partition coefficient (Wildman–Crippen LogP) is 4.23. The van der Waals surface area contributed by atoms with Gasteiger partial charge in [-0.3, -0.25) is 24.8 Å². The summed E-state index contributed by atoms with van der Waals surface area (Å²) in [4.78, 5) is 30.9. The number of carbonyl (C=O) groups is 2. The molecular formula is C22H14ClN3O2S. The number of rotatable bonds is 3. The second kappa shape index (κ2) is 7.95. The molecule has 1 saturated heterocycles. The van der Waals surface area contributed by atoms with Crippen molar-refractivity contribution in [2.45, 2.75) is 0 Å². The van der Waals surface area contributed by atoms with Gasteiger partial charge in [0.2, 0.25) is 0 Å². The summed E-state index contributed by atoms with van der Waals surface area (Å²) < 4.78 is 0. The highest BCUT2D eigenvalue weighted by Gasteiger charge is 2.34. The molecule has 3 aromatic rings. The van der Waals surface area contributed by atoms with Gasteiger partial charge < -0.3 is 0 Å². The van der Waals surface area contributed by atoms with Crippen LogP contribution in [0.1, 0.15) is 5.56 Å². The van der Waals surface area contributed by atoms with Crippen molar-refractivity contribution < 1.29 is 9.59 Å². The van der Waals surface area contributed by atoms with Crippen molar-refractivity contribution in [1.29, 1.82) is 0 Å². The highest BCUT2D eigenvalue weighted by atomic mass is 35.5. The lowest BCUT2D eigenvalue weighted by Crippen LogP contribution is -2.54. The van der Waals surface area contributed by atoms with Crippen molar-refractivity contribution >= 4 is 52.5 Å². The van der Waals surface area contributed by atoms with Crippen LogP contribution < -0.4 is 10.2 Å². The van der Waals surface area contributed by atoms with Gasteiger partial charge in [0.25, 0.3) is 11.8 Å². The normalized spacial score (nSPS) is 15.6. The lowest BCUT2D eigenvalue weighted by molar-refractivity contribution is -0.122. The third-order valence-electron chi connectivity index (χ3n) is 4.38. The summed E-state index contributed by atoms with van der Waals surface area (Å²) in [5, 5.41) is 3.15. The Labute approximate surface area is 177 Å². The number of amides is 2. The van der Waals surface area contributed by atoms with Gasteiger partial charge in [-0.1, -0.05) is 35.9 Å². The second-order valence-corrected chi connectivity index (χ2v) is 7.12. The van der Waals surface area contributed by atoms with Crippen molar-refractivity contribution in [2.75, 3.05) is 4.90 Å². The first kappa shape index (κ1) is 19.0. The van der Waals surface area contributed by atoms with Crippen LogP contribution in [-0.4, -0.2) is 21.9 Å². The van der Waals surface area contributed by atoms with Crippen LogP contribution in [0, 0.1) is 0 Å². The van der Waals surface area contributed by atoms with Gasteiger partial charge >= 0.3 is 0 Å². The Morgan fingerprint density at radius 2 is 1.76 bits per heavy atom. The van der Waals surface area contributed by atoms with E-state index < -0.39 is 11.8 Å². The molecule has 1 aromatic heterocycles. The number of thiocarbonyl (C=S) groups is 1. The lowest BCUT2D eigenvalue weighted by atomic mass is 10.0. The molecule has 1 fully saturated rings. The smallest absolute Gasteiger partial charge is 0.270 e. The Hall–Kier alpha value is -3.35. The quantitative estimate of drug-likeness (QED) is 0.392. The van der Waals surface area contributed by atoms with Gasteiger partial charge in [0.1, 0.15) is 5.57 Å². The van der Waals surface area contributed by atoms with Crippen LogP contribution in [0.4, 0.5) is 5.69 Å². The molecule has 0 saturated carbocycles.